The maximum absolute atomic E-state index is 13.2. The van der Waals surface area contributed by atoms with Crippen molar-refractivity contribution in [3.63, 3.8) is 0 Å². The van der Waals surface area contributed by atoms with Crippen molar-refractivity contribution in [1.29, 1.82) is 0 Å². The summed E-state index contributed by atoms with van der Waals surface area (Å²) >= 11 is 0. The van der Waals surface area contributed by atoms with Gasteiger partial charge in [-0.15, -0.1) is 0 Å². The second-order valence-electron chi connectivity index (χ2n) is 8.37. The molecule has 2 aliphatic heterocycles. The number of carbonyl (C=O) groups excluding carboxylic acids is 2. The van der Waals surface area contributed by atoms with E-state index >= 15 is 0 Å². The number of benzene rings is 2. The number of fused-ring (bicyclic) bond motifs is 2. The fourth-order valence-electron chi connectivity index (χ4n) is 4.30. The van der Waals surface area contributed by atoms with Crippen LogP contribution in [0.1, 0.15) is 35.2 Å². The van der Waals surface area contributed by atoms with E-state index < -0.39 is 24.2 Å². The molecule has 1 saturated heterocycles. The van der Waals surface area contributed by atoms with E-state index in [2.05, 4.69) is 10.6 Å². The Labute approximate surface area is 191 Å². The van der Waals surface area contributed by atoms with E-state index in [0.717, 1.165) is 5.56 Å². The molecule has 0 spiro atoms. The smallest absolute Gasteiger partial charge is 0.323 e. The highest BCUT2D eigenvalue weighted by atomic mass is 16.5. The van der Waals surface area contributed by atoms with E-state index in [-0.39, 0.29) is 25.0 Å². The van der Waals surface area contributed by atoms with Crippen molar-refractivity contribution in [2.45, 2.75) is 44.4 Å². The van der Waals surface area contributed by atoms with Crippen LogP contribution < -0.4 is 15.4 Å². The number of likely N-dealkylation sites (N-methyl/N-ethyl adjacent to an activating group) is 1. The van der Waals surface area contributed by atoms with Gasteiger partial charge >= 0.3 is 12.0 Å². The fourth-order valence-corrected chi connectivity index (χ4v) is 4.30. The largest absolute Gasteiger partial charge is 0.490 e. The molecule has 33 heavy (non-hydrogen) atoms. The van der Waals surface area contributed by atoms with Gasteiger partial charge in [-0.05, 0) is 49.6 Å². The summed E-state index contributed by atoms with van der Waals surface area (Å²) < 4.78 is 11.8. The van der Waals surface area contributed by atoms with Gasteiger partial charge in [-0.1, -0.05) is 18.2 Å². The molecule has 1 fully saturated rings. The van der Waals surface area contributed by atoms with E-state index in [1.807, 2.05) is 31.2 Å². The van der Waals surface area contributed by atoms with Gasteiger partial charge in [0, 0.05) is 18.4 Å². The van der Waals surface area contributed by atoms with Crippen LogP contribution in [-0.2, 0) is 9.53 Å². The van der Waals surface area contributed by atoms with Crippen molar-refractivity contribution in [3.05, 3.63) is 53.6 Å². The van der Waals surface area contributed by atoms with Crippen molar-refractivity contribution >= 4 is 29.3 Å². The van der Waals surface area contributed by atoms with Crippen molar-refractivity contribution in [2.24, 2.45) is 0 Å². The van der Waals surface area contributed by atoms with E-state index in [9.17, 15) is 14.4 Å². The average Bonchev–Trinajstić information content (AvgIpc) is 2.78. The number of carboxylic acids is 1. The lowest BCUT2D eigenvalue weighted by atomic mass is 9.94. The van der Waals surface area contributed by atoms with Gasteiger partial charge in [0.1, 0.15) is 18.5 Å². The summed E-state index contributed by atoms with van der Waals surface area (Å²) in [6, 6.07) is 11.7. The van der Waals surface area contributed by atoms with Crippen LogP contribution in [0.25, 0.3) is 0 Å². The molecule has 4 rings (SSSR count). The van der Waals surface area contributed by atoms with Gasteiger partial charge in [0.15, 0.2) is 0 Å². The third kappa shape index (κ3) is 5.09. The molecule has 3 atom stereocenters. The zero-order valence-corrected chi connectivity index (χ0v) is 18.5. The van der Waals surface area contributed by atoms with Gasteiger partial charge in [0.2, 0.25) is 0 Å². The van der Waals surface area contributed by atoms with Crippen LogP contribution in [0.15, 0.2) is 42.5 Å². The molecule has 9 heteroatoms. The summed E-state index contributed by atoms with van der Waals surface area (Å²) in [6.45, 7) is 2.10. The number of anilines is 2. The van der Waals surface area contributed by atoms with Crippen molar-refractivity contribution in [1.82, 2.24) is 4.90 Å². The minimum atomic E-state index is -0.911. The highest BCUT2D eigenvalue weighted by molar-refractivity contribution is 6.02. The van der Waals surface area contributed by atoms with Crippen LogP contribution >= 0.6 is 0 Å². The van der Waals surface area contributed by atoms with Crippen molar-refractivity contribution in [2.75, 3.05) is 24.3 Å². The molecule has 2 heterocycles. The first kappa shape index (κ1) is 22.6. The molecule has 2 aromatic carbocycles. The monoisotopic (exact) mass is 453 g/mol. The van der Waals surface area contributed by atoms with Gasteiger partial charge in [0.25, 0.3) is 5.91 Å². The van der Waals surface area contributed by atoms with Gasteiger partial charge in [-0.3, -0.25) is 9.59 Å². The van der Waals surface area contributed by atoms with Crippen LogP contribution in [0, 0.1) is 6.92 Å². The molecule has 0 aromatic heterocycles. The Morgan fingerprint density at radius 1 is 1.15 bits per heavy atom. The number of aryl methyl sites for hydroxylation is 1. The van der Waals surface area contributed by atoms with Crippen molar-refractivity contribution < 1.29 is 29.0 Å². The summed E-state index contributed by atoms with van der Waals surface area (Å²) in [7, 11) is 1.71. The molecule has 0 unspecified atom stereocenters. The predicted molar refractivity (Wildman–Crippen MR) is 122 cm³/mol. The topological polar surface area (TPSA) is 117 Å². The van der Waals surface area contributed by atoms with Crippen molar-refractivity contribution in [3.8, 4) is 5.75 Å². The van der Waals surface area contributed by atoms with Crippen LogP contribution in [0.2, 0.25) is 0 Å². The number of rotatable bonds is 4. The maximum atomic E-state index is 13.2. The second kappa shape index (κ2) is 9.50. The molecule has 3 N–H and O–H groups in total. The van der Waals surface area contributed by atoms with E-state index in [1.165, 1.54) is 0 Å². The fraction of sp³-hybridized carbons (Fsp3) is 0.375. The number of nitrogens with zero attached hydrogens (tertiary/aromatic N) is 1. The predicted octanol–water partition coefficient (Wildman–Crippen LogP) is 3.49. The highest BCUT2D eigenvalue weighted by Crippen LogP contribution is 2.32. The molecule has 0 radical (unpaired) electrons. The summed E-state index contributed by atoms with van der Waals surface area (Å²) in [5.74, 6) is -0.770. The zero-order valence-electron chi connectivity index (χ0n) is 18.5. The minimum Gasteiger partial charge on any atom is -0.490 e. The summed E-state index contributed by atoms with van der Waals surface area (Å²) in [5, 5.41) is 14.6. The van der Waals surface area contributed by atoms with Gasteiger partial charge in [-0.25, -0.2) is 4.79 Å². The first-order chi connectivity index (χ1) is 15.8. The SMILES string of the molecule is Cc1ccccc1NC(=O)Nc1ccc2c(c1)C(=O)N(C)[C@H]1CC[C@@H](CC(=O)O)O[C@H]1CO2. The molecule has 2 aromatic rings. The number of nitrogens with one attached hydrogen (secondary N) is 2. The molecule has 0 aliphatic carbocycles. The number of urea groups is 1. The zero-order chi connectivity index (χ0) is 23.5. The average molecular weight is 453 g/mol. The highest BCUT2D eigenvalue weighted by Gasteiger charge is 2.39. The normalized spacial score (nSPS) is 22.2. The summed E-state index contributed by atoms with van der Waals surface area (Å²) in [6.07, 6.45) is 0.298. The van der Waals surface area contributed by atoms with Crippen LogP contribution in [-0.4, -0.2) is 59.8 Å². The minimum absolute atomic E-state index is 0.0724. The molecule has 0 saturated carbocycles. The maximum Gasteiger partial charge on any atom is 0.323 e. The third-order valence-electron chi connectivity index (χ3n) is 6.07. The molecule has 0 bridgehead atoms. The molecular weight excluding hydrogens is 426 g/mol. The van der Waals surface area contributed by atoms with Crippen LogP contribution in [0.4, 0.5) is 16.2 Å². The number of para-hydroxylation sites is 1. The Hall–Kier alpha value is -3.59. The molecule has 3 amide bonds. The lowest BCUT2D eigenvalue weighted by molar-refractivity contribution is -0.148. The number of amides is 3. The standard InChI is InChI=1S/C24H27N3O6/c1-14-5-3-4-6-18(14)26-24(31)25-15-7-10-20-17(11-15)23(30)27(2)19-9-8-16(12-22(28)29)33-21(19)13-32-20/h3-7,10-11,16,19,21H,8-9,12-13H2,1-2H3,(H,28,29)(H2,25,26,31)/t16-,19-,21-/m0/s1. The van der Waals surface area contributed by atoms with E-state index in [0.29, 0.717) is 35.5 Å². The van der Waals surface area contributed by atoms with Gasteiger partial charge in [-0.2, -0.15) is 0 Å². The second-order valence-corrected chi connectivity index (χ2v) is 8.37. The molecule has 9 nitrogen and oxygen atoms in total. The number of carboxylic acid groups (broad SMARTS) is 1. The first-order valence-electron chi connectivity index (χ1n) is 10.9. The lowest BCUT2D eigenvalue weighted by Gasteiger charge is -2.42. The number of carbonyl (C=O) groups is 3. The van der Waals surface area contributed by atoms with Gasteiger partial charge < -0.3 is 30.1 Å². The Morgan fingerprint density at radius 2 is 1.94 bits per heavy atom. The van der Waals surface area contributed by atoms with Crippen LogP contribution in [0.3, 0.4) is 0 Å². The lowest BCUT2D eigenvalue weighted by Crippen LogP contribution is -2.53. The molecule has 2 aliphatic rings. The number of hydrogen-bond donors (Lipinski definition) is 3. The van der Waals surface area contributed by atoms with Crippen LogP contribution in [0.5, 0.6) is 5.75 Å². The first-order valence-corrected chi connectivity index (χ1v) is 10.9. The number of ether oxygens (including phenoxy) is 2. The Morgan fingerprint density at radius 3 is 2.70 bits per heavy atom. The Balaban J connectivity index is 1.49. The van der Waals surface area contributed by atoms with E-state index in [1.54, 1.807) is 30.1 Å². The summed E-state index contributed by atoms with van der Waals surface area (Å²) in [4.78, 5) is 38.4. The number of aliphatic carboxylic acids is 1. The number of hydrogen-bond acceptors (Lipinski definition) is 5. The Kier molecular flexibility index (Phi) is 6.50. The quantitative estimate of drug-likeness (QED) is 0.652. The molecule has 174 valence electrons. The summed E-state index contributed by atoms with van der Waals surface area (Å²) in [5.41, 5.74) is 2.44. The Bertz CT molecular complexity index is 1070. The van der Waals surface area contributed by atoms with E-state index in [4.69, 9.17) is 14.6 Å². The third-order valence-corrected chi connectivity index (χ3v) is 6.07. The van der Waals surface area contributed by atoms with Gasteiger partial charge in [0.05, 0.1) is 24.1 Å². The molecular formula is C24H27N3O6.